The Morgan fingerprint density at radius 3 is 2.67 bits per heavy atom. The van der Waals surface area contributed by atoms with Gasteiger partial charge in [0.1, 0.15) is 0 Å². The highest BCUT2D eigenvalue weighted by atomic mass is 32.2. The molecule has 2 N–H and O–H groups in total. The molecule has 0 bridgehead atoms. The van der Waals surface area contributed by atoms with Gasteiger partial charge in [0.2, 0.25) is 0 Å². The van der Waals surface area contributed by atoms with Crippen LogP contribution >= 0.6 is 11.8 Å². The van der Waals surface area contributed by atoms with Gasteiger partial charge in [-0.15, -0.1) is 11.8 Å². The molecule has 2 rings (SSSR count). The summed E-state index contributed by atoms with van der Waals surface area (Å²) in [6.45, 7) is 6.62. The van der Waals surface area contributed by atoms with Gasteiger partial charge in [-0.1, -0.05) is 26.0 Å². The third kappa shape index (κ3) is 3.19. The van der Waals surface area contributed by atoms with Gasteiger partial charge < -0.3 is 15.2 Å². The maximum Gasteiger partial charge on any atom is 0.0584 e. The molecule has 4 heteroatoms. The number of hydrogen-bond donors (Lipinski definition) is 2. The van der Waals surface area contributed by atoms with Gasteiger partial charge in [-0.25, -0.2) is 0 Å². The van der Waals surface area contributed by atoms with Crippen molar-refractivity contribution in [2.45, 2.75) is 24.0 Å². The molecule has 1 saturated heterocycles. The van der Waals surface area contributed by atoms with Gasteiger partial charge in [0, 0.05) is 22.4 Å². The molecule has 0 unspecified atom stereocenters. The van der Waals surface area contributed by atoms with Crippen LogP contribution in [-0.4, -0.2) is 36.7 Å². The summed E-state index contributed by atoms with van der Waals surface area (Å²) in [5.41, 5.74) is 1.06. The van der Waals surface area contributed by atoms with Crippen molar-refractivity contribution in [1.29, 1.82) is 0 Å². The molecular formula is C14H21NO2S. The first-order valence-corrected chi connectivity index (χ1v) is 7.21. The van der Waals surface area contributed by atoms with Gasteiger partial charge in [0.05, 0.1) is 25.2 Å². The zero-order chi connectivity index (χ0) is 13.0. The van der Waals surface area contributed by atoms with Gasteiger partial charge in [-0.3, -0.25) is 0 Å². The van der Waals surface area contributed by atoms with Crippen LogP contribution in [0.15, 0.2) is 29.2 Å². The molecule has 0 saturated carbocycles. The molecule has 18 heavy (non-hydrogen) atoms. The summed E-state index contributed by atoms with van der Waals surface area (Å²) >= 11 is 1.85. The second-order valence-electron chi connectivity index (χ2n) is 5.17. The zero-order valence-electron chi connectivity index (χ0n) is 11.0. The van der Waals surface area contributed by atoms with Crippen LogP contribution in [0, 0.1) is 5.41 Å². The molecule has 1 aromatic carbocycles. The van der Waals surface area contributed by atoms with E-state index in [1.54, 1.807) is 0 Å². The smallest absolute Gasteiger partial charge is 0.0584 e. The fourth-order valence-corrected chi connectivity index (χ4v) is 2.82. The van der Waals surface area contributed by atoms with Crippen LogP contribution in [0.4, 0.5) is 5.69 Å². The Morgan fingerprint density at radius 2 is 2.11 bits per heavy atom. The third-order valence-electron chi connectivity index (χ3n) is 3.06. The maximum atomic E-state index is 9.40. The lowest BCUT2D eigenvalue weighted by molar-refractivity contribution is -0.128. The van der Waals surface area contributed by atoms with Crippen molar-refractivity contribution in [3.05, 3.63) is 24.3 Å². The first-order valence-electron chi connectivity index (χ1n) is 6.33. The lowest BCUT2D eigenvalue weighted by Crippen LogP contribution is -2.50. The summed E-state index contributed by atoms with van der Waals surface area (Å²) in [5, 5.41) is 13.4. The van der Waals surface area contributed by atoms with Crippen LogP contribution in [0.2, 0.25) is 0 Å². The minimum atomic E-state index is -0.0877. The van der Waals surface area contributed by atoms with E-state index in [9.17, 15) is 5.11 Å². The number of ether oxygens (including phenoxy) is 1. The normalized spacial score (nSPS) is 17.6. The predicted molar refractivity (Wildman–Crippen MR) is 76.3 cm³/mol. The number of aliphatic hydroxyl groups is 1. The van der Waals surface area contributed by atoms with Crippen LogP contribution in [0.25, 0.3) is 0 Å². The average Bonchev–Trinajstić information content (AvgIpc) is 2.29. The van der Waals surface area contributed by atoms with E-state index in [0.717, 1.165) is 12.2 Å². The number of nitrogens with one attached hydrogen (secondary N) is 1. The topological polar surface area (TPSA) is 41.5 Å². The van der Waals surface area contributed by atoms with Crippen LogP contribution in [0.5, 0.6) is 0 Å². The lowest BCUT2D eigenvalue weighted by Gasteiger charge is -2.40. The van der Waals surface area contributed by atoms with Gasteiger partial charge in [-0.2, -0.15) is 0 Å². The number of thioether (sulfide) groups is 1. The van der Waals surface area contributed by atoms with Crippen molar-refractivity contribution in [1.82, 2.24) is 0 Å². The van der Waals surface area contributed by atoms with Crippen molar-refractivity contribution >= 4 is 17.4 Å². The van der Waals surface area contributed by atoms with E-state index in [1.165, 1.54) is 4.90 Å². The van der Waals surface area contributed by atoms with E-state index in [4.69, 9.17) is 4.74 Å². The molecule has 0 spiro atoms. The van der Waals surface area contributed by atoms with Crippen molar-refractivity contribution in [2.24, 2.45) is 5.41 Å². The number of benzene rings is 1. The SMILES string of the molecule is CC(C)Sc1ccccc1NCC1(CO)COC1. The molecule has 1 fully saturated rings. The third-order valence-corrected chi connectivity index (χ3v) is 4.14. The molecule has 1 aliphatic heterocycles. The van der Waals surface area contributed by atoms with E-state index in [-0.39, 0.29) is 12.0 Å². The Bertz CT molecular complexity index is 386. The van der Waals surface area contributed by atoms with E-state index >= 15 is 0 Å². The first-order chi connectivity index (χ1) is 8.65. The molecule has 1 aromatic rings. The van der Waals surface area contributed by atoms with Gasteiger partial charge >= 0.3 is 0 Å². The summed E-state index contributed by atoms with van der Waals surface area (Å²) in [6, 6.07) is 8.32. The minimum Gasteiger partial charge on any atom is -0.396 e. The summed E-state index contributed by atoms with van der Waals surface area (Å²) in [4.78, 5) is 1.26. The van der Waals surface area contributed by atoms with Crippen LogP contribution in [0.1, 0.15) is 13.8 Å². The zero-order valence-corrected chi connectivity index (χ0v) is 11.8. The monoisotopic (exact) mass is 267 g/mol. The second-order valence-corrected chi connectivity index (χ2v) is 6.79. The van der Waals surface area contributed by atoms with E-state index in [1.807, 2.05) is 17.8 Å². The van der Waals surface area contributed by atoms with Crippen molar-refractivity contribution < 1.29 is 9.84 Å². The summed E-state index contributed by atoms with van der Waals surface area (Å²) in [7, 11) is 0. The predicted octanol–water partition coefficient (Wildman–Crippen LogP) is 2.61. The summed E-state index contributed by atoms with van der Waals surface area (Å²) in [6.07, 6.45) is 0. The van der Waals surface area contributed by atoms with E-state index < -0.39 is 0 Å². The first kappa shape index (κ1) is 13.7. The molecule has 3 nitrogen and oxygen atoms in total. The van der Waals surface area contributed by atoms with Crippen molar-refractivity contribution in [3.8, 4) is 0 Å². The summed E-state index contributed by atoms with van der Waals surface area (Å²) < 4.78 is 5.21. The highest BCUT2D eigenvalue weighted by molar-refractivity contribution is 8.00. The van der Waals surface area contributed by atoms with Crippen LogP contribution in [0.3, 0.4) is 0 Å². The Hall–Kier alpha value is -0.710. The number of hydrogen-bond acceptors (Lipinski definition) is 4. The van der Waals surface area contributed by atoms with E-state index in [0.29, 0.717) is 18.5 Å². The molecule has 0 radical (unpaired) electrons. The molecule has 1 aliphatic rings. The highest BCUT2D eigenvalue weighted by Gasteiger charge is 2.37. The Labute approximate surface area is 113 Å². The van der Waals surface area contributed by atoms with Gasteiger partial charge in [0.15, 0.2) is 0 Å². The van der Waals surface area contributed by atoms with Gasteiger partial charge in [0.25, 0.3) is 0 Å². The number of rotatable bonds is 6. The van der Waals surface area contributed by atoms with Crippen LogP contribution in [-0.2, 0) is 4.74 Å². The number of anilines is 1. The molecule has 0 amide bonds. The summed E-state index contributed by atoms with van der Waals surface area (Å²) in [5.74, 6) is 0. The average molecular weight is 267 g/mol. The fourth-order valence-electron chi connectivity index (χ4n) is 1.89. The molecule has 0 aliphatic carbocycles. The Kier molecular flexibility index (Phi) is 4.54. The molecule has 100 valence electrons. The fraction of sp³-hybridized carbons (Fsp3) is 0.571. The lowest BCUT2D eigenvalue weighted by atomic mass is 9.87. The van der Waals surface area contributed by atoms with Crippen LogP contribution < -0.4 is 5.32 Å². The van der Waals surface area contributed by atoms with Crippen molar-refractivity contribution in [3.63, 3.8) is 0 Å². The Morgan fingerprint density at radius 1 is 1.39 bits per heavy atom. The van der Waals surface area contributed by atoms with E-state index in [2.05, 4.69) is 37.4 Å². The molecule has 0 atom stereocenters. The minimum absolute atomic E-state index is 0.0877. The second kappa shape index (κ2) is 5.95. The standard InChI is InChI=1S/C14H21NO2S/c1-11(2)18-13-6-4-3-5-12(13)15-7-14(8-16)9-17-10-14/h3-6,11,15-16H,7-10H2,1-2H3. The highest BCUT2D eigenvalue weighted by Crippen LogP contribution is 2.32. The quantitative estimate of drug-likeness (QED) is 0.777. The molecule has 0 aromatic heterocycles. The Balaban J connectivity index is 2.00. The molecular weight excluding hydrogens is 246 g/mol. The van der Waals surface area contributed by atoms with Gasteiger partial charge in [-0.05, 0) is 12.1 Å². The molecule has 1 heterocycles. The largest absolute Gasteiger partial charge is 0.396 e. The number of para-hydroxylation sites is 1. The van der Waals surface area contributed by atoms with Crippen molar-refractivity contribution in [2.75, 3.05) is 31.7 Å². The number of aliphatic hydroxyl groups excluding tert-OH is 1. The maximum absolute atomic E-state index is 9.40.